The van der Waals surface area contributed by atoms with E-state index in [9.17, 15) is 9.90 Å². The highest BCUT2D eigenvalue weighted by Gasteiger charge is 2.09. The van der Waals surface area contributed by atoms with Crippen molar-refractivity contribution in [2.45, 2.75) is 6.92 Å². The highest BCUT2D eigenvalue weighted by Crippen LogP contribution is 2.31. The average molecular weight is 206 g/mol. The summed E-state index contributed by atoms with van der Waals surface area (Å²) in [5.41, 5.74) is -0.250. The molecule has 0 spiro atoms. The fourth-order valence-electron chi connectivity index (χ4n) is 1.45. The van der Waals surface area contributed by atoms with E-state index in [0.717, 1.165) is 6.07 Å². The van der Waals surface area contributed by atoms with Crippen molar-refractivity contribution in [1.29, 1.82) is 0 Å². The zero-order valence-electron chi connectivity index (χ0n) is 8.19. The Balaban J connectivity index is 2.79. The van der Waals surface area contributed by atoms with Crippen LogP contribution in [0.2, 0.25) is 0 Å². The minimum atomic E-state index is -0.575. The van der Waals surface area contributed by atoms with Crippen LogP contribution in [0, 0.1) is 0 Å². The molecule has 1 heterocycles. The predicted molar refractivity (Wildman–Crippen MR) is 55.3 cm³/mol. The number of ether oxygens (including phenoxy) is 1. The molecule has 2 rings (SSSR count). The van der Waals surface area contributed by atoms with Gasteiger partial charge in [-0.3, -0.25) is 0 Å². The topological polar surface area (TPSA) is 59.7 Å². The zero-order valence-corrected chi connectivity index (χ0v) is 8.19. The third-order valence-electron chi connectivity index (χ3n) is 2.01. The van der Waals surface area contributed by atoms with Gasteiger partial charge in [-0.25, -0.2) is 4.79 Å². The molecule has 0 aliphatic heterocycles. The zero-order chi connectivity index (χ0) is 10.8. The van der Waals surface area contributed by atoms with E-state index < -0.39 is 5.63 Å². The molecule has 2 aromatic rings. The summed E-state index contributed by atoms with van der Waals surface area (Å²) in [6.45, 7) is 2.33. The van der Waals surface area contributed by atoms with Gasteiger partial charge in [-0.2, -0.15) is 0 Å². The van der Waals surface area contributed by atoms with Crippen LogP contribution in [-0.2, 0) is 0 Å². The first-order chi connectivity index (χ1) is 7.22. The van der Waals surface area contributed by atoms with Gasteiger partial charge < -0.3 is 14.3 Å². The van der Waals surface area contributed by atoms with E-state index in [2.05, 4.69) is 0 Å². The van der Waals surface area contributed by atoms with Crippen molar-refractivity contribution < 1.29 is 14.3 Å². The summed E-state index contributed by atoms with van der Waals surface area (Å²) in [5, 5.41) is 10.0. The van der Waals surface area contributed by atoms with Crippen LogP contribution in [0.4, 0.5) is 0 Å². The molecule has 15 heavy (non-hydrogen) atoms. The van der Waals surface area contributed by atoms with Gasteiger partial charge in [-0.1, -0.05) is 6.07 Å². The monoisotopic (exact) mass is 206 g/mol. The molecule has 4 heteroatoms. The maximum Gasteiger partial charge on any atom is 0.339 e. The van der Waals surface area contributed by atoms with Gasteiger partial charge in [0.1, 0.15) is 22.5 Å². The Kier molecular flexibility index (Phi) is 2.33. The van der Waals surface area contributed by atoms with Gasteiger partial charge in [0.2, 0.25) is 0 Å². The Bertz CT molecular complexity index is 542. The Hall–Kier alpha value is -1.97. The highest BCUT2D eigenvalue weighted by atomic mass is 16.5. The fourth-order valence-corrected chi connectivity index (χ4v) is 1.45. The van der Waals surface area contributed by atoms with Crippen LogP contribution in [0.25, 0.3) is 11.0 Å². The molecular formula is C11H10O4. The average Bonchev–Trinajstić information content (AvgIpc) is 2.17. The molecule has 0 saturated carbocycles. The van der Waals surface area contributed by atoms with E-state index in [1.807, 2.05) is 6.92 Å². The van der Waals surface area contributed by atoms with E-state index in [1.165, 1.54) is 0 Å². The maximum atomic E-state index is 11.0. The van der Waals surface area contributed by atoms with Gasteiger partial charge in [-0.05, 0) is 19.1 Å². The van der Waals surface area contributed by atoms with Crippen molar-refractivity contribution in [3.05, 3.63) is 34.7 Å². The predicted octanol–water partition coefficient (Wildman–Crippen LogP) is 1.90. The third-order valence-corrected chi connectivity index (χ3v) is 2.01. The Morgan fingerprint density at radius 2 is 2.27 bits per heavy atom. The second kappa shape index (κ2) is 3.65. The molecule has 0 aliphatic rings. The molecule has 1 aromatic heterocycles. The van der Waals surface area contributed by atoms with Gasteiger partial charge in [0, 0.05) is 0 Å². The third kappa shape index (κ3) is 1.66. The van der Waals surface area contributed by atoms with Crippen LogP contribution < -0.4 is 10.4 Å². The second-order valence-electron chi connectivity index (χ2n) is 3.01. The van der Waals surface area contributed by atoms with Crippen LogP contribution in [0.5, 0.6) is 11.5 Å². The van der Waals surface area contributed by atoms with Gasteiger partial charge >= 0.3 is 5.63 Å². The molecule has 0 atom stereocenters. The minimum Gasteiger partial charge on any atom is -0.507 e. The summed E-state index contributed by atoms with van der Waals surface area (Å²) < 4.78 is 10.3. The number of hydrogen-bond donors (Lipinski definition) is 1. The number of fused-ring (bicyclic) bond motifs is 1. The summed E-state index contributed by atoms with van der Waals surface area (Å²) in [7, 11) is 0. The molecular weight excluding hydrogens is 196 g/mol. The standard InChI is InChI=1S/C11H10O4/c1-2-14-8-4-3-5-9-11(8)7(12)6-10(13)15-9/h3-6,12H,2H2,1H3. The lowest BCUT2D eigenvalue weighted by Gasteiger charge is -2.06. The van der Waals surface area contributed by atoms with Crippen molar-refractivity contribution in [1.82, 2.24) is 0 Å². The first kappa shape index (κ1) is 9.58. The van der Waals surface area contributed by atoms with Crippen LogP contribution in [0.3, 0.4) is 0 Å². The molecule has 0 amide bonds. The largest absolute Gasteiger partial charge is 0.507 e. The second-order valence-corrected chi connectivity index (χ2v) is 3.01. The minimum absolute atomic E-state index is 0.120. The molecule has 1 N–H and O–H groups in total. The van der Waals surface area contributed by atoms with Gasteiger partial charge in [0.25, 0.3) is 0 Å². The van der Waals surface area contributed by atoms with Crippen molar-refractivity contribution >= 4 is 11.0 Å². The van der Waals surface area contributed by atoms with E-state index in [1.54, 1.807) is 18.2 Å². The van der Waals surface area contributed by atoms with Crippen LogP contribution in [0.15, 0.2) is 33.5 Å². The molecule has 0 radical (unpaired) electrons. The lowest BCUT2D eigenvalue weighted by atomic mass is 10.2. The first-order valence-electron chi connectivity index (χ1n) is 4.61. The lowest BCUT2D eigenvalue weighted by molar-refractivity contribution is 0.342. The Morgan fingerprint density at radius 1 is 1.47 bits per heavy atom. The van der Waals surface area contributed by atoms with Crippen molar-refractivity contribution in [2.24, 2.45) is 0 Å². The summed E-state index contributed by atoms with van der Waals surface area (Å²) in [5.74, 6) is 0.390. The summed E-state index contributed by atoms with van der Waals surface area (Å²) in [6.07, 6.45) is 0. The number of rotatable bonds is 2. The smallest absolute Gasteiger partial charge is 0.339 e. The number of aromatic hydroxyl groups is 1. The molecule has 4 nitrogen and oxygen atoms in total. The van der Waals surface area contributed by atoms with Crippen molar-refractivity contribution in [2.75, 3.05) is 6.61 Å². The van der Waals surface area contributed by atoms with Crippen molar-refractivity contribution in [3.63, 3.8) is 0 Å². The normalized spacial score (nSPS) is 10.5. The molecule has 1 aromatic carbocycles. The summed E-state index contributed by atoms with van der Waals surface area (Å²) in [6, 6.07) is 6.06. The fraction of sp³-hybridized carbons (Fsp3) is 0.182. The van der Waals surface area contributed by atoms with E-state index in [-0.39, 0.29) is 5.75 Å². The Labute approximate surface area is 85.7 Å². The summed E-state index contributed by atoms with van der Waals surface area (Å²) in [4.78, 5) is 11.0. The van der Waals surface area contributed by atoms with E-state index >= 15 is 0 Å². The maximum absolute atomic E-state index is 11.0. The van der Waals surface area contributed by atoms with Gasteiger partial charge in [0.05, 0.1) is 12.7 Å². The van der Waals surface area contributed by atoms with Crippen LogP contribution >= 0.6 is 0 Å². The molecule has 78 valence electrons. The van der Waals surface area contributed by atoms with Gasteiger partial charge in [0.15, 0.2) is 0 Å². The van der Waals surface area contributed by atoms with E-state index in [4.69, 9.17) is 9.15 Å². The Morgan fingerprint density at radius 3 is 3.00 bits per heavy atom. The number of benzene rings is 1. The molecule has 0 saturated heterocycles. The SMILES string of the molecule is CCOc1cccc2oc(=O)cc(O)c12. The van der Waals surface area contributed by atoms with Crippen LogP contribution in [-0.4, -0.2) is 11.7 Å². The molecule has 0 bridgehead atoms. The molecule has 0 fully saturated rings. The van der Waals surface area contributed by atoms with Crippen LogP contribution in [0.1, 0.15) is 6.92 Å². The quantitative estimate of drug-likeness (QED) is 0.762. The first-order valence-corrected chi connectivity index (χ1v) is 4.61. The molecule has 0 aliphatic carbocycles. The lowest BCUT2D eigenvalue weighted by Crippen LogP contribution is -1.98. The highest BCUT2D eigenvalue weighted by molar-refractivity contribution is 5.89. The van der Waals surface area contributed by atoms with Crippen molar-refractivity contribution in [3.8, 4) is 11.5 Å². The summed E-state index contributed by atoms with van der Waals surface area (Å²) >= 11 is 0. The number of hydrogen-bond acceptors (Lipinski definition) is 4. The van der Waals surface area contributed by atoms with Gasteiger partial charge in [-0.15, -0.1) is 0 Å². The van der Waals surface area contributed by atoms with E-state index in [0.29, 0.717) is 23.3 Å². The molecule has 0 unspecified atom stereocenters.